The van der Waals surface area contributed by atoms with Crippen LogP contribution in [-0.2, 0) is 0 Å². The highest BCUT2D eigenvalue weighted by Gasteiger charge is 2.21. The van der Waals surface area contributed by atoms with Crippen molar-refractivity contribution in [1.82, 2.24) is 4.98 Å². The Morgan fingerprint density at radius 2 is 1.11 bits per heavy atom. The van der Waals surface area contributed by atoms with Crippen molar-refractivity contribution in [1.29, 1.82) is 0 Å². The zero-order valence-corrected chi connectivity index (χ0v) is 29.8. The summed E-state index contributed by atoms with van der Waals surface area (Å²) in [5.41, 5.74) is 9.53. The van der Waals surface area contributed by atoms with Crippen LogP contribution in [0.4, 0.5) is 0 Å². The lowest BCUT2D eigenvalue weighted by molar-refractivity contribution is 0.859. The van der Waals surface area contributed by atoms with Gasteiger partial charge in [0.15, 0.2) is 0 Å². The van der Waals surface area contributed by atoms with E-state index < -0.39 is 0 Å². The summed E-state index contributed by atoms with van der Waals surface area (Å²) in [5.74, 6) is 0.245. The van der Waals surface area contributed by atoms with Gasteiger partial charge in [-0.05, 0) is 103 Å². The van der Waals surface area contributed by atoms with Crippen LogP contribution in [0.2, 0.25) is 0 Å². The van der Waals surface area contributed by atoms with Gasteiger partial charge in [-0.3, -0.25) is 0 Å². The van der Waals surface area contributed by atoms with Gasteiger partial charge in [0, 0.05) is 37.0 Å². The van der Waals surface area contributed by atoms with Gasteiger partial charge < -0.3 is 0 Å². The lowest BCUT2D eigenvalue weighted by atomic mass is 9.84. The first-order valence-corrected chi connectivity index (χ1v) is 19.2. The summed E-state index contributed by atoms with van der Waals surface area (Å²) >= 11 is 1.90. The number of pyridine rings is 1. The smallest absolute Gasteiger partial charge is 0.0715 e. The molecule has 0 saturated heterocycles. The van der Waals surface area contributed by atoms with Gasteiger partial charge in [-0.25, -0.2) is 4.98 Å². The van der Waals surface area contributed by atoms with Crippen LogP contribution >= 0.6 is 11.3 Å². The van der Waals surface area contributed by atoms with Crippen molar-refractivity contribution in [2.24, 2.45) is 0 Å². The zero-order valence-electron chi connectivity index (χ0n) is 29.0. The predicted molar refractivity (Wildman–Crippen MR) is 229 cm³/mol. The molecule has 0 amide bonds. The first-order valence-electron chi connectivity index (χ1n) is 18.4. The summed E-state index contributed by atoms with van der Waals surface area (Å²) in [7, 11) is 0. The summed E-state index contributed by atoms with van der Waals surface area (Å²) in [6.45, 7) is 0. The average molecular weight is 692 g/mol. The molecule has 1 unspecified atom stereocenters. The highest BCUT2D eigenvalue weighted by molar-refractivity contribution is 7.26. The Bertz CT molecular complexity index is 3110. The second-order valence-electron chi connectivity index (χ2n) is 14.2. The van der Waals surface area contributed by atoms with E-state index in [1.165, 1.54) is 85.7 Å². The number of fused-ring (bicyclic) bond motifs is 10. The van der Waals surface area contributed by atoms with Gasteiger partial charge >= 0.3 is 0 Å². The molecule has 1 aliphatic carbocycles. The van der Waals surface area contributed by atoms with E-state index in [-0.39, 0.29) is 5.92 Å². The molecular formula is C51H33NS. The van der Waals surface area contributed by atoms with Gasteiger partial charge in [-0.1, -0.05) is 146 Å². The Morgan fingerprint density at radius 3 is 1.89 bits per heavy atom. The summed E-state index contributed by atoms with van der Waals surface area (Å²) in [4.78, 5) is 5.16. The van der Waals surface area contributed by atoms with Crippen LogP contribution in [0.15, 0.2) is 182 Å². The van der Waals surface area contributed by atoms with E-state index in [1.807, 2.05) is 11.3 Å². The molecule has 0 radical (unpaired) electrons. The molecule has 8 aromatic carbocycles. The fraction of sp³-hybridized carbons (Fsp3) is 0.0392. The molecule has 2 heterocycles. The number of para-hydroxylation sites is 1. The number of benzene rings is 8. The van der Waals surface area contributed by atoms with Crippen molar-refractivity contribution in [3.05, 3.63) is 193 Å². The topological polar surface area (TPSA) is 12.9 Å². The van der Waals surface area contributed by atoms with Crippen LogP contribution < -0.4 is 0 Å². The predicted octanol–water partition coefficient (Wildman–Crippen LogP) is 14.5. The van der Waals surface area contributed by atoms with Gasteiger partial charge in [0.05, 0.1) is 11.2 Å². The van der Waals surface area contributed by atoms with Crippen LogP contribution in [0.3, 0.4) is 0 Å². The van der Waals surface area contributed by atoms with Crippen LogP contribution in [-0.4, -0.2) is 4.98 Å². The fourth-order valence-corrected chi connectivity index (χ4v) is 9.83. The van der Waals surface area contributed by atoms with Gasteiger partial charge in [0.25, 0.3) is 0 Å². The number of allylic oxidation sites excluding steroid dienone is 4. The molecule has 248 valence electrons. The Morgan fingerprint density at radius 1 is 0.472 bits per heavy atom. The largest absolute Gasteiger partial charge is 0.248 e. The zero-order chi connectivity index (χ0) is 34.9. The first kappa shape index (κ1) is 30.3. The first-order chi connectivity index (χ1) is 26.3. The van der Waals surface area contributed by atoms with E-state index in [0.717, 1.165) is 23.2 Å². The molecule has 53 heavy (non-hydrogen) atoms. The molecule has 0 aliphatic heterocycles. The molecule has 10 aromatic rings. The Balaban J connectivity index is 1.11. The minimum atomic E-state index is 0.245. The van der Waals surface area contributed by atoms with E-state index in [2.05, 4.69) is 182 Å². The molecule has 1 nitrogen and oxygen atoms in total. The highest BCUT2D eigenvalue weighted by atomic mass is 32.1. The normalized spacial score (nSPS) is 14.6. The number of aromatic nitrogens is 1. The van der Waals surface area contributed by atoms with Gasteiger partial charge in [0.1, 0.15) is 0 Å². The van der Waals surface area contributed by atoms with Crippen molar-refractivity contribution in [3.63, 3.8) is 0 Å². The molecule has 0 bridgehead atoms. The molecular weight excluding hydrogens is 659 g/mol. The summed E-state index contributed by atoms with van der Waals surface area (Å²) in [6, 6.07) is 60.0. The van der Waals surface area contributed by atoms with Crippen LogP contribution in [0.25, 0.3) is 91.3 Å². The molecule has 0 saturated carbocycles. The maximum atomic E-state index is 5.16. The molecule has 0 N–H and O–H groups in total. The second kappa shape index (κ2) is 12.1. The maximum absolute atomic E-state index is 5.16. The quantitative estimate of drug-likeness (QED) is 0.167. The molecule has 1 atom stereocenters. The SMILES string of the molecule is C1=CC(c2ccc3c4ccccc4c4ccccc4c3c2)=CC(c2cc(-c3cc(-c4ccccc4)nc4ccccc34)c3c(c2)sc2ccccc23)C1. The second-order valence-corrected chi connectivity index (χ2v) is 15.3. The van der Waals surface area contributed by atoms with Gasteiger partial charge in [-0.2, -0.15) is 0 Å². The van der Waals surface area contributed by atoms with Crippen LogP contribution in [0.1, 0.15) is 23.5 Å². The van der Waals surface area contributed by atoms with Crippen molar-refractivity contribution >= 4 is 80.3 Å². The Labute approximate surface area is 311 Å². The molecule has 2 heteroatoms. The van der Waals surface area contributed by atoms with E-state index in [4.69, 9.17) is 4.98 Å². The minimum absolute atomic E-state index is 0.245. The third-order valence-corrected chi connectivity index (χ3v) is 12.3. The highest BCUT2D eigenvalue weighted by Crippen LogP contribution is 2.46. The van der Waals surface area contributed by atoms with E-state index >= 15 is 0 Å². The standard InChI is InChI=1S/C51H33NS/c1-2-13-32(14-3-1)48-31-45(42-21-8-10-23-47(42)52-48)46-29-36(30-50-51(46)43-22-9-11-24-49(43)53-50)34-16-12-15-33(27-34)35-25-26-41-39-19-5-4-17-37(39)38-18-6-7-20-40(38)44(41)28-35/h1-15,17-31,34H,16H2. The minimum Gasteiger partial charge on any atom is -0.248 e. The Hall–Kier alpha value is -6.35. The van der Waals surface area contributed by atoms with Crippen molar-refractivity contribution in [3.8, 4) is 22.4 Å². The number of nitrogens with zero attached hydrogens (tertiary/aromatic N) is 1. The molecule has 0 fully saturated rings. The lowest BCUT2D eigenvalue weighted by Gasteiger charge is -2.20. The van der Waals surface area contributed by atoms with E-state index in [1.54, 1.807) is 0 Å². The van der Waals surface area contributed by atoms with Gasteiger partial charge in [-0.15, -0.1) is 11.3 Å². The number of hydrogen-bond donors (Lipinski definition) is 0. The van der Waals surface area contributed by atoms with Crippen molar-refractivity contribution < 1.29 is 0 Å². The lowest BCUT2D eigenvalue weighted by Crippen LogP contribution is -2.00. The van der Waals surface area contributed by atoms with E-state index in [0.29, 0.717) is 0 Å². The third kappa shape index (κ3) is 4.94. The van der Waals surface area contributed by atoms with Crippen LogP contribution in [0.5, 0.6) is 0 Å². The fourth-order valence-electron chi connectivity index (χ4n) is 8.65. The van der Waals surface area contributed by atoms with Crippen molar-refractivity contribution in [2.75, 3.05) is 0 Å². The number of rotatable bonds is 4. The van der Waals surface area contributed by atoms with Gasteiger partial charge in [0.2, 0.25) is 0 Å². The summed E-state index contributed by atoms with van der Waals surface area (Å²) in [6.07, 6.45) is 8.16. The molecule has 0 spiro atoms. The van der Waals surface area contributed by atoms with Crippen LogP contribution in [0, 0.1) is 0 Å². The molecule has 2 aromatic heterocycles. The molecule has 11 rings (SSSR count). The Kier molecular flexibility index (Phi) is 6.93. The maximum Gasteiger partial charge on any atom is 0.0715 e. The van der Waals surface area contributed by atoms with Crippen molar-refractivity contribution in [2.45, 2.75) is 12.3 Å². The monoisotopic (exact) mass is 691 g/mol. The third-order valence-electron chi connectivity index (χ3n) is 11.2. The summed E-state index contributed by atoms with van der Waals surface area (Å²) in [5, 5.41) is 11.7. The molecule has 1 aliphatic rings. The average Bonchev–Trinajstić information content (AvgIpc) is 3.62. The number of hydrogen-bond acceptors (Lipinski definition) is 2. The number of thiophene rings is 1. The summed E-state index contributed by atoms with van der Waals surface area (Å²) < 4.78 is 2.65. The van der Waals surface area contributed by atoms with E-state index in [9.17, 15) is 0 Å².